The number of hydrogen-bond acceptors (Lipinski definition) is 3. The maximum Gasteiger partial charge on any atom is 0.127 e. The highest BCUT2D eigenvalue weighted by atomic mass is 19.1. The van der Waals surface area contributed by atoms with Gasteiger partial charge in [0.05, 0.1) is 14.2 Å². The molecule has 0 unspecified atom stereocenters. The lowest BCUT2D eigenvalue weighted by Gasteiger charge is -2.15. The Morgan fingerprint density at radius 1 is 0.558 bits per heavy atom. The van der Waals surface area contributed by atoms with Gasteiger partial charge in [-0.15, -0.1) is 0 Å². The van der Waals surface area contributed by atoms with Gasteiger partial charge in [0.15, 0.2) is 0 Å². The maximum atomic E-state index is 13.9. The van der Waals surface area contributed by atoms with E-state index in [-0.39, 0.29) is 11.6 Å². The number of rotatable bonds is 9. The summed E-state index contributed by atoms with van der Waals surface area (Å²) < 4.78 is 44.9. The predicted octanol–water partition coefficient (Wildman–Crippen LogP) is 10.2. The fourth-order valence-corrected chi connectivity index (χ4v) is 4.76. The Kier molecular flexibility index (Phi) is 9.02. The normalized spacial score (nSPS) is 11.8. The molecule has 5 aromatic carbocycles. The largest absolute Gasteiger partial charge is 0.496 e. The quantitative estimate of drug-likeness (QED) is 0.164. The first-order valence-electron chi connectivity index (χ1n) is 13.9. The first-order valence-corrected chi connectivity index (χ1v) is 13.9. The highest BCUT2D eigenvalue weighted by Gasteiger charge is 2.13. The molecule has 43 heavy (non-hydrogen) atoms. The van der Waals surface area contributed by atoms with E-state index in [1.165, 1.54) is 24.3 Å². The van der Waals surface area contributed by atoms with Crippen molar-refractivity contribution in [2.45, 2.75) is 13.8 Å². The van der Waals surface area contributed by atoms with Gasteiger partial charge in [0, 0.05) is 11.1 Å². The zero-order chi connectivity index (χ0) is 30.3. The van der Waals surface area contributed by atoms with Crippen molar-refractivity contribution in [1.82, 2.24) is 0 Å². The molecule has 0 spiro atoms. The molecule has 0 fully saturated rings. The minimum atomic E-state index is -0.308. The van der Waals surface area contributed by atoms with Crippen LogP contribution in [0, 0.1) is 18.6 Å². The monoisotopic (exact) mass is 574 g/mol. The second-order valence-corrected chi connectivity index (χ2v) is 10.2. The van der Waals surface area contributed by atoms with E-state index in [2.05, 4.69) is 0 Å². The summed E-state index contributed by atoms with van der Waals surface area (Å²) in [4.78, 5) is 0. The molecule has 5 rings (SSSR count). The van der Waals surface area contributed by atoms with Crippen LogP contribution in [0.5, 0.6) is 23.0 Å². The van der Waals surface area contributed by atoms with E-state index in [0.29, 0.717) is 17.2 Å². The summed E-state index contributed by atoms with van der Waals surface area (Å²) in [5.74, 6) is 2.16. The van der Waals surface area contributed by atoms with E-state index in [1.807, 2.05) is 86.7 Å². The lowest BCUT2D eigenvalue weighted by molar-refractivity contribution is 0.401. The van der Waals surface area contributed by atoms with Crippen LogP contribution in [-0.4, -0.2) is 14.2 Å². The van der Waals surface area contributed by atoms with E-state index in [0.717, 1.165) is 50.3 Å². The van der Waals surface area contributed by atoms with Crippen molar-refractivity contribution < 1.29 is 23.0 Å². The molecule has 0 atom stereocenters. The van der Waals surface area contributed by atoms with E-state index in [1.54, 1.807) is 38.5 Å². The molecule has 0 aliphatic rings. The smallest absolute Gasteiger partial charge is 0.127 e. The SMILES string of the molecule is COc1cc(C=C(c2ccc(F)cc2)c2ccc(Oc3ccc(C)cc3)cc2)c(OC)cc1C=C(C)c1ccc(F)cc1. The molecule has 0 aliphatic carbocycles. The van der Waals surface area contributed by atoms with Crippen molar-refractivity contribution in [2.75, 3.05) is 14.2 Å². The van der Waals surface area contributed by atoms with Gasteiger partial charge < -0.3 is 14.2 Å². The topological polar surface area (TPSA) is 27.7 Å². The van der Waals surface area contributed by atoms with E-state index >= 15 is 0 Å². The average molecular weight is 575 g/mol. The van der Waals surface area contributed by atoms with Crippen molar-refractivity contribution in [3.05, 3.63) is 154 Å². The van der Waals surface area contributed by atoms with Gasteiger partial charge in [0.2, 0.25) is 0 Å². The summed E-state index contributed by atoms with van der Waals surface area (Å²) in [6, 6.07) is 32.3. The summed E-state index contributed by atoms with van der Waals surface area (Å²) in [5, 5.41) is 0. The Morgan fingerprint density at radius 3 is 1.47 bits per heavy atom. The second kappa shape index (κ2) is 13.2. The van der Waals surface area contributed by atoms with Gasteiger partial charge in [0.25, 0.3) is 0 Å². The van der Waals surface area contributed by atoms with Crippen LogP contribution in [0.15, 0.2) is 109 Å². The summed E-state index contributed by atoms with van der Waals surface area (Å²) >= 11 is 0. The van der Waals surface area contributed by atoms with Gasteiger partial charge >= 0.3 is 0 Å². The average Bonchev–Trinajstić information content (AvgIpc) is 3.02. The first kappa shape index (κ1) is 29.3. The third-order valence-corrected chi connectivity index (χ3v) is 7.13. The minimum Gasteiger partial charge on any atom is -0.496 e. The first-order chi connectivity index (χ1) is 20.8. The number of hydrogen-bond donors (Lipinski definition) is 0. The zero-order valence-corrected chi connectivity index (χ0v) is 24.5. The predicted molar refractivity (Wildman–Crippen MR) is 171 cm³/mol. The molecule has 0 heterocycles. The standard InChI is InChI=1S/C38H32F2O3/c1-25-5-17-34(18-6-25)43-35-19-11-29(12-20-35)36(28-9-15-33(40)16-10-28)22-31-24-37(41-3)30(23-38(31)42-4)21-26(2)27-7-13-32(39)14-8-27/h5-24H,1-4H3. The number of benzene rings is 5. The van der Waals surface area contributed by atoms with Crippen LogP contribution < -0.4 is 14.2 Å². The minimum absolute atomic E-state index is 0.280. The molecule has 5 aromatic rings. The van der Waals surface area contributed by atoms with Crippen molar-refractivity contribution in [2.24, 2.45) is 0 Å². The molecular formula is C38H32F2O3. The number of ether oxygens (including phenoxy) is 3. The molecular weight excluding hydrogens is 542 g/mol. The van der Waals surface area contributed by atoms with Crippen molar-refractivity contribution in [3.63, 3.8) is 0 Å². The molecule has 216 valence electrons. The van der Waals surface area contributed by atoms with E-state index < -0.39 is 0 Å². The Morgan fingerprint density at radius 2 is 0.977 bits per heavy atom. The van der Waals surface area contributed by atoms with E-state index in [4.69, 9.17) is 14.2 Å². The Balaban J connectivity index is 1.55. The van der Waals surface area contributed by atoms with Gasteiger partial charge in [-0.3, -0.25) is 0 Å². The third-order valence-electron chi connectivity index (χ3n) is 7.13. The molecule has 0 amide bonds. The van der Waals surface area contributed by atoms with Crippen LogP contribution in [-0.2, 0) is 0 Å². The summed E-state index contributed by atoms with van der Waals surface area (Å²) in [5.41, 5.74) is 7.24. The molecule has 0 bridgehead atoms. The molecule has 5 heteroatoms. The highest BCUT2D eigenvalue weighted by Crippen LogP contribution is 2.36. The number of methoxy groups -OCH3 is 2. The Bertz CT molecular complexity index is 1750. The van der Waals surface area contributed by atoms with Gasteiger partial charge in [-0.1, -0.05) is 54.1 Å². The highest BCUT2D eigenvalue weighted by molar-refractivity contribution is 5.93. The van der Waals surface area contributed by atoms with Crippen LogP contribution >= 0.6 is 0 Å². The van der Waals surface area contributed by atoms with Gasteiger partial charge in [-0.05, 0) is 114 Å². The van der Waals surface area contributed by atoms with Gasteiger partial charge in [0.1, 0.15) is 34.6 Å². The molecule has 0 aromatic heterocycles. The van der Waals surface area contributed by atoms with Crippen LogP contribution in [0.2, 0.25) is 0 Å². The summed E-state index contributed by atoms with van der Waals surface area (Å²) in [6.45, 7) is 4.00. The van der Waals surface area contributed by atoms with Crippen molar-refractivity contribution in [3.8, 4) is 23.0 Å². The lowest BCUT2D eigenvalue weighted by Crippen LogP contribution is -1.95. The molecule has 0 aliphatic heterocycles. The number of halogens is 2. The molecule has 0 radical (unpaired) electrons. The molecule has 3 nitrogen and oxygen atoms in total. The fourth-order valence-electron chi connectivity index (χ4n) is 4.76. The van der Waals surface area contributed by atoms with Gasteiger partial charge in [-0.2, -0.15) is 0 Å². The van der Waals surface area contributed by atoms with Crippen LogP contribution in [0.25, 0.3) is 23.3 Å². The van der Waals surface area contributed by atoms with Crippen LogP contribution in [0.4, 0.5) is 8.78 Å². The fraction of sp³-hybridized carbons (Fsp3) is 0.105. The van der Waals surface area contributed by atoms with Crippen molar-refractivity contribution >= 4 is 23.3 Å². The maximum absolute atomic E-state index is 13.9. The lowest BCUT2D eigenvalue weighted by atomic mass is 9.94. The summed E-state index contributed by atoms with van der Waals surface area (Å²) in [7, 11) is 3.24. The Labute approximate surface area is 251 Å². The van der Waals surface area contributed by atoms with Crippen LogP contribution in [0.3, 0.4) is 0 Å². The third kappa shape index (κ3) is 7.19. The van der Waals surface area contributed by atoms with E-state index in [9.17, 15) is 8.78 Å². The summed E-state index contributed by atoms with van der Waals surface area (Å²) in [6.07, 6.45) is 3.99. The second-order valence-electron chi connectivity index (χ2n) is 10.2. The number of aryl methyl sites for hydroxylation is 1. The molecule has 0 saturated carbocycles. The Hall–Kier alpha value is -5.16. The molecule has 0 saturated heterocycles. The van der Waals surface area contributed by atoms with Crippen LogP contribution in [0.1, 0.15) is 40.3 Å². The molecule has 0 N–H and O–H groups in total. The van der Waals surface area contributed by atoms with Crippen molar-refractivity contribution in [1.29, 1.82) is 0 Å². The zero-order valence-electron chi connectivity index (χ0n) is 24.5. The van der Waals surface area contributed by atoms with Gasteiger partial charge in [-0.25, -0.2) is 8.78 Å². The number of allylic oxidation sites excluding steroid dienone is 1.